The first-order chi connectivity index (χ1) is 9.08. The van der Waals surface area contributed by atoms with Crippen LogP contribution in [0.4, 0.5) is 4.39 Å². The molecule has 98 valence electrons. The topological polar surface area (TPSA) is 46.5 Å². The summed E-state index contributed by atoms with van der Waals surface area (Å²) >= 11 is 1.93. The van der Waals surface area contributed by atoms with Gasteiger partial charge in [0.2, 0.25) is 0 Å². The number of carbonyl (C=O) groups is 1. The fourth-order valence-electron chi connectivity index (χ4n) is 1.56. The molecule has 5 heteroatoms. The molecular formula is C14H10FIO3. The monoisotopic (exact) mass is 372 g/mol. The molecule has 0 spiro atoms. The van der Waals surface area contributed by atoms with Crippen molar-refractivity contribution in [3.05, 3.63) is 63.0 Å². The van der Waals surface area contributed by atoms with Crippen molar-refractivity contribution >= 4 is 28.6 Å². The van der Waals surface area contributed by atoms with E-state index in [9.17, 15) is 9.18 Å². The van der Waals surface area contributed by atoms with Gasteiger partial charge in [0.15, 0.2) is 11.6 Å². The Balaban J connectivity index is 2.23. The Morgan fingerprint density at radius 1 is 1.26 bits per heavy atom. The van der Waals surface area contributed by atoms with Crippen molar-refractivity contribution in [3.8, 4) is 5.75 Å². The molecule has 0 amide bonds. The molecular weight excluding hydrogens is 362 g/mol. The van der Waals surface area contributed by atoms with Crippen LogP contribution in [0.1, 0.15) is 15.9 Å². The fourth-order valence-corrected chi connectivity index (χ4v) is 2.15. The Labute approximate surface area is 123 Å². The van der Waals surface area contributed by atoms with E-state index in [2.05, 4.69) is 0 Å². The lowest BCUT2D eigenvalue weighted by Gasteiger charge is -2.09. The predicted molar refractivity (Wildman–Crippen MR) is 76.9 cm³/mol. The summed E-state index contributed by atoms with van der Waals surface area (Å²) in [6.07, 6.45) is 0. The number of hydrogen-bond donors (Lipinski definition) is 1. The van der Waals surface area contributed by atoms with Crippen LogP contribution >= 0.6 is 22.6 Å². The Hall–Kier alpha value is -1.63. The maximum atomic E-state index is 13.9. The van der Waals surface area contributed by atoms with Gasteiger partial charge >= 0.3 is 5.97 Å². The molecule has 0 saturated heterocycles. The van der Waals surface area contributed by atoms with Crippen LogP contribution in [0.2, 0.25) is 0 Å². The fraction of sp³-hybridized carbons (Fsp3) is 0.0714. The number of rotatable bonds is 4. The molecule has 0 atom stereocenters. The van der Waals surface area contributed by atoms with E-state index in [1.807, 2.05) is 52.9 Å². The van der Waals surface area contributed by atoms with Gasteiger partial charge in [0, 0.05) is 3.57 Å². The summed E-state index contributed by atoms with van der Waals surface area (Å²) in [5.74, 6) is -2.20. The number of carboxylic acids is 1. The van der Waals surface area contributed by atoms with Gasteiger partial charge in [-0.15, -0.1) is 0 Å². The third-order valence-corrected chi connectivity index (χ3v) is 3.09. The smallest absolute Gasteiger partial charge is 0.338 e. The molecule has 3 nitrogen and oxygen atoms in total. The molecule has 2 rings (SSSR count). The first-order valence-corrected chi connectivity index (χ1v) is 6.55. The molecule has 0 radical (unpaired) electrons. The molecule has 0 aliphatic rings. The lowest BCUT2D eigenvalue weighted by atomic mass is 10.2. The van der Waals surface area contributed by atoms with Gasteiger partial charge in [0.25, 0.3) is 0 Å². The van der Waals surface area contributed by atoms with E-state index in [4.69, 9.17) is 9.84 Å². The summed E-state index contributed by atoms with van der Waals surface area (Å²) in [6.45, 7) is 0.191. The summed E-state index contributed by atoms with van der Waals surface area (Å²) in [7, 11) is 0. The molecule has 0 aromatic heterocycles. The second-order valence-electron chi connectivity index (χ2n) is 3.84. The second kappa shape index (κ2) is 6.01. The molecule has 0 heterocycles. The largest absolute Gasteiger partial charge is 0.486 e. The standard InChI is InChI=1S/C14H10FIO3/c15-13-11(14(17)18)6-10(16)7-12(13)19-8-9-4-2-1-3-5-9/h1-7H,8H2,(H,17,18). The van der Waals surface area contributed by atoms with E-state index in [0.29, 0.717) is 3.57 Å². The van der Waals surface area contributed by atoms with Crippen molar-refractivity contribution in [2.45, 2.75) is 6.61 Å². The minimum Gasteiger partial charge on any atom is -0.486 e. The Bertz CT molecular complexity index is 599. The van der Waals surface area contributed by atoms with Gasteiger partial charge in [0.1, 0.15) is 12.2 Å². The highest BCUT2D eigenvalue weighted by molar-refractivity contribution is 14.1. The molecule has 0 fully saturated rings. The van der Waals surface area contributed by atoms with Crippen LogP contribution in [0.25, 0.3) is 0 Å². The Kier molecular flexibility index (Phi) is 4.36. The molecule has 0 unspecified atom stereocenters. The lowest BCUT2D eigenvalue weighted by Crippen LogP contribution is -2.05. The van der Waals surface area contributed by atoms with E-state index in [1.165, 1.54) is 12.1 Å². The molecule has 0 aliphatic heterocycles. The van der Waals surface area contributed by atoms with E-state index in [1.54, 1.807) is 0 Å². The van der Waals surface area contributed by atoms with Gasteiger partial charge < -0.3 is 9.84 Å². The molecule has 0 aliphatic carbocycles. The third kappa shape index (κ3) is 3.44. The van der Waals surface area contributed by atoms with Crippen molar-refractivity contribution in [1.29, 1.82) is 0 Å². The summed E-state index contributed by atoms with van der Waals surface area (Å²) in [4.78, 5) is 10.9. The van der Waals surface area contributed by atoms with E-state index >= 15 is 0 Å². The van der Waals surface area contributed by atoms with Crippen molar-refractivity contribution in [3.63, 3.8) is 0 Å². The van der Waals surface area contributed by atoms with Crippen LogP contribution in [0.3, 0.4) is 0 Å². The normalized spacial score (nSPS) is 10.2. The molecule has 2 aromatic rings. The Morgan fingerprint density at radius 3 is 2.58 bits per heavy atom. The van der Waals surface area contributed by atoms with Crippen LogP contribution < -0.4 is 4.74 Å². The number of benzene rings is 2. The number of halogens is 2. The average Bonchev–Trinajstić information content (AvgIpc) is 2.40. The Morgan fingerprint density at radius 2 is 1.95 bits per heavy atom. The minimum absolute atomic E-state index is 0.0480. The third-order valence-electron chi connectivity index (χ3n) is 2.47. The first-order valence-electron chi connectivity index (χ1n) is 5.47. The number of ether oxygens (including phenoxy) is 1. The van der Waals surface area contributed by atoms with Crippen LogP contribution in [-0.2, 0) is 6.61 Å². The summed E-state index contributed by atoms with van der Waals surface area (Å²) in [5, 5.41) is 8.90. The van der Waals surface area contributed by atoms with E-state index in [-0.39, 0.29) is 17.9 Å². The molecule has 2 aromatic carbocycles. The maximum Gasteiger partial charge on any atom is 0.338 e. The molecule has 1 N–H and O–H groups in total. The van der Waals surface area contributed by atoms with Gasteiger partial charge in [-0.2, -0.15) is 0 Å². The van der Waals surface area contributed by atoms with Crippen LogP contribution in [0, 0.1) is 9.39 Å². The highest BCUT2D eigenvalue weighted by atomic mass is 127. The van der Waals surface area contributed by atoms with Crippen molar-refractivity contribution in [2.24, 2.45) is 0 Å². The number of carboxylic acid groups (broad SMARTS) is 1. The number of aromatic carboxylic acids is 1. The first kappa shape index (κ1) is 13.8. The molecule has 0 saturated carbocycles. The van der Waals surface area contributed by atoms with E-state index in [0.717, 1.165) is 5.56 Å². The van der Waals surface area contributed by atoms with Gasteiger partial charge in [-0.05, 0) is 40.3 Å². The highest BCUT2D eigenvalue weighted by Crippen LogP contribution is 2.25. The summed E-state index contributed by atoms with van der Waals surface area (Å²) in [6, 6.07) is 12.0. The van der Waals surface area contributed by atoms with Gasteiger partial charge in [-0.25, -0.2) is 9.18 Å². The molecule has 19 heavy (non-hydrogen) atoms. The average molecular weight is 372 g/mol. The van der Waals surface area contributed by atoms with Gasteiger partial charge in [-0.1, -0.05) is 30.3 Å². The zero-order chi connectivity index (χ0) is 13.8. The molecule has 0 bridgehead atoms. The quantitative estimate of drug-likeness (QED) is 0.833. The van der Waals surface area contributed by atoms with Gasteiger partial charge in [0.05, 0.1) is 0 Å². The van der Waals surface area contributed by atoms with Crippen molar-refractivity contribution in [1.82, 2.24) is 0 Å². The lowest BCUT2D eigenvalue weighted by molar-refractivity contribution is 0.0690. The van der Waals surface area contributed by atoms with Crippen LogP contribution in [0.15, 0.2) is 42.5 Å². The predicted octanol–water partition coefficient (Wildman–Crippen LogP) is 3.71. The second-order valence-corrected chi connectivity index (χ2v) is 5.09. The van der Waals surface area contributed by atoms with Crippen LogP contribution in [0.5, 0.6) is 5.75 Å². The van der Waals surface area contributed by atoms with Crippen molar-refractivity contribution < 1.29 is 19.0 Å². The zero-order valence-corrected chi connectivity index (χ0v) is 11.9. The highest BCUT2D eigenvalue weighted by Gasteiger charge is 2.16. The summed E-state index contributed by atoms with van der Waals surface area (Å²) < 4.78 is 19.9. The minimum atomic E-state index is -1.31. The van der Waals surface area contributed by atoms with Crippen LogP contribution in [-0.4, -0.2) is 11.1 Å². The summed E-state index contributed by atoms with van der Waals surface area (Å²) in [5.41, 5.74) is 0.507. The zero-order valence-electron chi connectivity index (χ0n) is 9.77. The number of hydrogen-bond acceptors (Lipinski definition) is 2. The van der Waals surface area contributed by atoms with E-state index < -0.39 is 11.8 Å². The van der Waals surface area contributed by atoms with Crippen molar-refractivity contribution in [2.75, 3.05) is 0 Å². The SMILES string of the molecule is O=C(O)c1cc(I)cc(OCc2ccccc2)c1F. The maximum absolute atomic E-state index is 13.9. The van der Waals surface area contributed by atoms with Gasteiger partial charge in [-0.3, -0.25) is 0 Å².